The van der Waals surface area contributed by atoms with Crippen LogP contribution in [0.3, 0.4) is 0 Å². The molecule has 0 bridgehead atoms. The smallest absolute Gasteiger partial charge is 0.315 e. The van der Waals surface area contributed by atoms with Gasteiger partial charge in [0, 0.05) is 34.3 Å². The van der Waals surface area contributed by atoms with Gasteiger partial charge in [0.2, 0.25) is 5.95 Å². The number of hydrogen-bond donors (Lipinski definition) is 3. The van der Waals surface area contributed by atoms with E-state index in [1.54, 1.807) is 11.8 Å². The number of benzene rings is 3. The van der Waals surface area contributed by atoms with Crippen LogP contribution in [-0.2, 0) is 13.1 Å². The van der Waals surface area contributed by atoms with E-state index in [4.69, 9.17) is 0 Å². The maximum absolute atomic E-state index is 10.7. The normalized spacial score (nSPS) is 14.3. The minimum atomic E-state index is -0.0307. The minimum absolute atomic E-state index is 0.0307. The summed E-state index contributed by atoms with van der Waals surface area (Å²) in [5.41, 5.74) is 3.96. The lowest BCUT2D eigenvalue weighted by atomic mass is 10.2. The zero-order valence-electron chi connectivity index (χ0n) is 20.9. The second-order valence-electron chi connectivity index (χ2n) is 8.57. The SMILES string of the molecule is CCC1CNC(=O)N1.Cc1nc(NCc2ccccc2Sc2ccccc2CN=O)nc2ccccc12. The summed E-state index contributed by atoms with van der Waals surface area (Å²) in [4.78, 5) is 32.5. The maximum Gasteiger partial charge on any atom is 0.315 e. The molecule has 0 spiro atoms. The molecule has 8 nitrogen and oxygen atoms in total. The van der Waals surface area contributed by atoms with Crippen LogP contribution in [0.15, 0.2) is 87.8 Å². The standard InChI is InChI=1S/C23H20N4OS.C5H10N2O/c1-16-19-10-4-5-11-20(19)27-23(26-16)24-14-17-8-2-6-12-21(17)29-22-13-7-3-9-18(22)15-25-28;1-2-4-3-6-5(8)7-4/h2-13H,14-15H2,1H3,(H,24,26,27);4H,2-3H2,1H3,(H2,6,7,8). The topological polar surface area (TPSA) is 108 Å². The van der Waals surface area contributed by atoms with Crippen molar-refractivity contribution in [3.05, 3.63) is 94.5 Å². The van der Waals surface area contributed by atoms with Crippen molar-refractivity contribution in [1.82, 2.24) is 20.6 Å². The van der Waals surface area contributed by atoms with Crippen LogP contribution in [0.25, 0.3) is 10.9 Å². The Kier molecular flexibility index (Phi) is 9.04. The lowest BCUT2D eigenvalue weighted by Gasteiger charge is -2.12. The molecule has 1 atom stereocenters. The van der Waals surface area contributed by atoms with Crippen molar-refractivity contribution in [2.24, 2.45) is 5.18 Å². The lowest BCUT2D eigenvalue weighted by Crippen LogP contribution is -2.25. The number of carbonyl (C=O) groups is 1. The summed E-state index contributed by atoms with van der Waals surface area (Å²) in [6, 6.07) is 24.4. The van der Waals surface area contributed by atoms with Gasteiger partial charge in [0.25, 0.3) is 0 Å². The number of nitroso groups, excluding NO2 is 1. The van der Waals surface area contributed by atoms with E-state index in [-0.39, 0.29) is 12.6 Å². The zero-order valence-corrected chi connectivity index (χ0v) is 21.7. The molecule has 0 aliphatic carbocycles. The number of rotatable bonds is 8. The quantitative estimate of drug-likeness (QED) is 0.247. The largest absolute Gasteiger partial charge is 0.350 e. The summed E-state index contributed by atoms with van der Waals surface area (Å²) in [5, 5.41) is 12.9. The average Bonchev–Trinajstić information content (AvgIpc) is 3.35. The second kappa shape index (κ2) is 12.8. The zero-order chi connectivity index (χ0) is 26.0. The van der Waals surface area contributed by atoms with Gasteiger partial charge in [0.15, 0.2) is 0 Å². The van der Waals surface area contributed by atoms with Gasteiger partial charge in [0.05, 0.1) is 11.2 Å². The number of aromatic nitrogens is 2. The molecular weight excluding hydrogens is 484 g/mol. The van der Waals surface area contributed by atoms with Crippen molar-refractivity contribution in [3.63, 3.8) is 0 Å². The number of aryl methyl sites for hydroxylation is 1. The fourth-order valence-corrected chi connectivity index (χ4v) is 4.97. The van der Waals surface area contributed by atoms with Crippen LogP contribution in [0.5, 0.6) is 0 Å². The van der Waals surface area contributed by atoms with Crippen molar-refractivity contribution < 1.29 is 4.79 Å². The molecule has 1 unspecified atom stereocenters. The van der Waals surface area contributed by atoms with Gasteiger partial charge in [-0.2, -0.15) is 4.91 Å². The van der Waals surface area contributed by atoms with Crippen molar-refractivity contribution in [3.8, 4) is 0 Å². The molecule has 1 fully saturated rings. The Morgan fingerprint density at radius 2 is 1.65 bits per heavy atom. The van der Waals surface area contributed by atoms with E-state index in [2.05, 4.69) is 50.2 Å². The molecule has 1 aromatic heterocycles. The van der Waals surface area contributed by atoms with Crippen LogP contribution in [0.1, 0.15) is 30.2 Å². The molecule has 2 heterocycles. The average molecular weight is 515 g/mol. The van der Waals surface area contributed by atoms with Crippen molar-refractivity contribution in [2.75, 3.05) is 11.9 Å². The van der Waals surface area contributed by atoms with E-state index >= 15 is 0 Å². The van der Waals surface area contributed by atoms with E-state index in [1.165, 1.54) is 0 Å². The van der Waals surface area contributed by atoms with Gasteiger partial charge < -0.3 is 16.0 Å². The summed E-state index contributed by atoms with van der Waals surface area (Å²) in [6.45, 7) is 5.62. The van der Waals surface area contributed by atoms with E-state index < -0.39 is 0 Å². The molecule has 37 heavy (non-hydrogen) atoms. The molecule has 1 saturated heterocycles. The maximum atomic E-state index is 10.7. The summed E-state index contributed by atoms with van der Waals surface area (Å²) in [5.74, 6) is 0.617. The number of urea groups is 1. The number of anilines is 1. The van der Waals surface area contributed by atoms with Crippen LogP contribution in [0.2, 0.25) is 0 Å². The fourth-order valence-electron chi connectivity index (χ4n) is 3.91. The number of amides is 2. The number of fused-ring (bicyclic) bond motifs is 1. The fraction of sp³-hybridized carbons (Fsp3) is 0.250. The summed E-state index contributed by atoms with van der Waals surface area (Å²) < 4.78 is 0. The molecule has 3 N–H and O–H groups in total. The molecular formula is C28H30N6O2S. The third-order valence-electron chi connectivity index (χ3n) is 5.97. The molecule has 190 valence electrons. The highest BCUT2D eigenvalue weighted by Gasteiger charge is 2.16. The van der Waals surface area contributed by atoms with Gasteiger partial charge in [-0.3, -0.25) is 0 Å². The van der Waals surface area contributed by atoms with Crippen LogP contribution >= 0.6 is 11.8 Å². The van der Waals surface area contributed by atoms with Gasteiger partial charge in [0.1, 0.15) is 6.54 Å². The highest BCUT2D eigenvalue weighted by molar-refractivity contribution is 7.99. The number of carbonyl (C=O) groups excluding carboxylic acids is 1. The Balaban J connectivity index is 0.000000342. The van der Waals surface area contributed by atoms with E-state index in [9.17, 15) is 9.70 Å². The number of nitrogens with one attached hydrogen (secondary N) is 3. The van der Waals surface area contributed by atoms with Crippen LogP contribution < -0.4 is 16.0 Å². The Hall–Kier alpha value is -3.98. The molecule has 2 amide bonds. The summed E-state index contributed by atoms with van der Waals surface area (Å²) in [6.07, 6.45) is 1.01. The molecule has 0 saturated carbocycles. The van der Waals surface area contributed by atoms with Gasteiger partial charge in [-0.05, 0) is 42.7 Å². The predicted molar refractivity (Wildman–Crippen MR) is 149 cm³/mol. The minimum Gasteiger partial charge on any atom is -0.350 e. The Bertz CT molecular complexity index is 1380. The number of hydrogen-bond acceptors (Lipinski definition) is 7. The molecule has 1 aliphatic rings. The molecule has 5 rings (SSSR count). The number of para-hydroxylation sites is 1. The molecule has 9 heteroatoms. The third kappa shape index (κ3) is 7.04. The first-order valence-electron chi connectivity index (χ1n) is 12.2. The highest BCUT2D eigenvalue weighted by Crippen LogP contribution is 2.33. The van der Waals surface area contributed by atoms with Crippen LogP contribution in [0.4, 0.5) is 10.7 Å². The third-order valence-corrected chi connectivity index (χ3v) is 7.20. The predicted octanol–water partition coefficient (Wildman–Crippen LogP) is 6.05. The van der Waals surface area contributed by atoms with Crippen molar-refractivity contribution in [1.29, 1.82) is 0 Å². The van der Waals surface area contributed by atoms with Gasteiger partial charge in [-0.25, -0.2) is 14.8 Å². The molecule has 3 aromatic carbocycles. The summed E-state index contributed by atoms with van der Waals surface area (Å²) in [7, 11) is 0. The second-order valence-corrected chi connectivity index (χ2v) is 9.65. The van der Waals surface area contributed by atoms with Crippen molar-refractivity contribution >= 4 is 34.6 Å². The molecule has 4 aromatic rings. The molecule has 0 radical (unpaired) electrons. The van der Waals surface area contributed by atoms with E-state index in [0.29, 0.717) is 18.5 Å². The Morgan fingerprint density at radius 3 is 2.32 bits per heavy atom. The highest BCUT2D eigenvalue weighted by atomic mass is 32.2. The Labute approximate surface area is 220 Å². The monoisotopic (exact) mass is 514 g/mol. The molecule has 1 aliphatic heterocycles. The first-order chi connectivity index (χ1) is 18.1. The van der Waals surface area contributed by atoms with Gasteiger partial charge in [-0.15, -0.1) is 0 Å². The van der Waals surface area contributed by atoms with E-state index in [0.717, 1.165) is 50.5 Å². The summed E-state index contributed by atoms with van der Waals surface area (Å²) >= 11 is 1.64. The van der Waals surface area contributed by atoms with Crippen LogP contribution in [0, 0.1) is 11.8 Å². The van der Waals surface area contributed by atoms with E-state index in [1.807, 2.05) is 67.6 Å². The Morgan fingerprint density at radius 1 is 0.973 bits per heavy atom. The van der Waals surface area contributed by atoms with Crippen LogP contribution in [-0.4, -0.2) is 28.6 Å². The first kappa shape index (κ1) is 26.1. The van der Waals surface area contributed by atoms with Gasteiger partial charge in [-0.1, -0.05) is 78.5 Å². The lowest BCUT2D eigenvalue weighted by molar-refractivity contribution is 0.247. The number of nitrogens with zero attached hydrogens (tertiary/aromatic N) is 3. The van der Waals surface area contributed by atoms with Gasteiger partial charge >= 0.3 is 6.03 Å². The first-order valence-corrected chi connectivity index (χ1v) is 13.0. The van der Waals surface area contributed by atoms with Crippen molar-refractivity contribution in [2.45, 2.75) is 49.2 Å².